The van der Waals surface area contributed by atoms with Crippen LogP contribution in [0.4, 0.5) is 0 Å². The van der Waals surface area contributed by atoms with E-state index in [9.17, 15) is 9.59 Å². The van der Waals surface area contributed by atoms with Gasteiger partial charge in [0.2, 0.25) is 0 Å². The highest BCUT2D eigenvalue weighted by atomic mass is 35.5. The van der Waals surface area contributed by atoms with Crippen LogP contribution in [0, 0.1) is 13.8 Å². The van der Waals surface area contributed by atoms with Crippen molar-refractivity contribution >= 4 is 34.5 Å². The molecule has 0 fully saturated rings. The Morgan fingerprint density at radius 2 is 1.71 bits per heavy atom. The lowest BCUT2D eigenvalue weighted by atomic mass is 10.1. The van der Waals surface area contributed by atoms with E-state index < -0.39 is 5.91 Å². The van der Waals surface area contributed by atoms with Crippen molar-refractivity contribution in [3.8, 4) is 5.69 Å². The van der Waals surface area contributed by atoms with E-state index in [-0.39, 0.29) is 11.3 Å². The number of hydrazone groups is 1. The normalized spacial score (nSPS) is 11.2. The zero-order chi connectivity index (χ0) is 22.0. The number of nitrogens with zero attached hydrogens (tertiary/aromatic N) is 3. The molecule has 7 heteroatoms. The predicted octanol–water partition coefficient (Wildman–Crippen LogP) is 4.42. The number of hydrogen-bond acceptors (Lipinski definition) is 4. The van der Waals surface area contributed by atoms with Gasteiger partial charge < -0.3 is 0 Å². The number of carbonyl (C=O) groups excluding carboxylic acids is 1. The maximum Gasteiger partial charge on any atom is 0.292 e. The van der Waals surface area contributed by atoms with Gasteiger partial charge in [0.15, 0.2) is 5.69 Å². The second-order valence-corrected chi connectivity index (χ2v) is 7.51. The molecule has 0 atom stereocenters. The second kappa shape index (κ2) is 8.53. The maximum absolute atomic E-state index is 13.1. The fourth-order valence-corrected chi connectivity index (χ4v) is 3.37. The Labute approximate surface area is 183 Å². The van der Waals surface area contributed by atoms with E-state index in [0.717, 1.165) is 11.1 Å². The first kappa shape index (κ1) is 20.5. The van der Waals surface area contributed by atoms with Gasteiger partial charge in [-0.1, -0.05) is 54.1 Å². The highest BCUT2D eigenvalue weighted by molar-refractivity contribution is 6.33. The van der Waals surface area contributed by atoms with E-state index in [4.69, 9.17) is 11.6 Å². The monoisotopic (exact) mass is 430 g/mol. The van der Waals surface area contributed by atoms with Gasteiger partial charge in [-0.2, -0.15) is 14.9 Å². The van der Waals surface area contributed by atoms with Gasteiger partial charge in [-0.3, -0.25) is 9.59 Å². The molecule has 1 heterocycles. The zero-order valence-corrected chi connectivity index (χ0v) is 17.7. The van der Waals surface area contributed by atoms with Crippen molar-refractivity contribution in [2.75, 3.05) is 0 Å². The van der Waals surface area contributed by atoms with Crippen molar-refractivity contribution < 1.29 is 4.79 Å². The number of benzene rings is 3. The first-order valence-electron chi connectivity index (χ1n) is 9.63. The molecule has 0 aliphatic carbocycles. The van der Waals surface area contributed by atoms with Crippen LogP contribution in [0.3, 0.4) is 0 Å². The fraction of sp³-hybridized carbons (Fsp3) is 0.0833. The number of rotatable bonds is 4. The number of aryl methyl sites for hydroxylation is 2. The smallest absolute Gasteiger partial charge is 0.267 e. The summed E-state index contributed by atoms with van der Waals surface area (Å²) in [4.78, 5) is 26.0. The molecule has 6 nitrogen and oxygen atoms in total. The summed E-state index contributed by atoms with van der Waals surface area (Å²) in [6.45, 7) is 3.95. The quantitative estimate of drug-likeness (QED) is 0.384. The molecule has 154 valence electrons. The number of carbonyl (C=O) groups is 1. The summed E-state index contributed by atoms with van der Waals surface area (Å²) < 4.78 is 1.25. The Bertz CT molecular complexity index is 1390. The van der Waals surface area contributed by atoms with Gasteiger partial charge in [-0.05, 0) is 49.2 Å². The van der Waals surface area contributed by atoms with Crippen LogP contribution in [0.1, 0.15) is 27.2 Å². The second-order valence-electron chi connectivity index (χ2n) is 7.10. The van der Waals surface area contributed by atoms with Gasteiger partial charge in [0.25, 0.3) is 11.5 Å². The van der Waals surface area contributed by atoms with Crippen molar-refractivity contribution in [2.45, 2.75) is 13.8 Å². The zero-order valence-electron chi connectivity index (χ0n) is 17.0. The minimum Gasteiger partial charge on any atom is -0.267 e. The topological polar surface area (TPSA) is 76.3 Å². The SMILES string of the molecule is Cc1ccc(-n2nc(C(=O)NN=Cc3ccccc3Cl)c3ccccc3c2=O)cc1C. The molecule has 0 saturated carbocycles. The molecule has 0 spiro atoms. The lowest BCUT2D eigenvalue weighted by Crippen LogP contribution is -2.28. The molecule has 0 bridgehead atoms. The third-order valence-electron chi connectivity index (χ3n) is 5.03. The van der Waals surface area contributed by atoms with Crippen LogP contribution in [0.25, 0.3) is 16.5 Å². The standard InChI is InChI=1S/C24H19ClN4O2/c1-15-11-12-18(13-16(15)2)29-24(31)20-9-5-4-8-19(20)22(28-29)23(30)27-26-14-17-7-3-6-10-21(17)25/h3-14H,1-2H3,(H,27,30). The van der Waals surface area contributed by atoms with Crippen molar-refractivity contribution in [2.24, 2.45) is 5.10 Å². The van der Waals surface area contributed by atoms with Gasteiger partial charge in [0.1, 0.15) is 0 Å². The van der Waals surface area contributed by atoms with Gasteiger partial charge in [-0.25, -0.2) is 5.43 Å². The van der Waals surface area contributed by atoms with Crippen molar-refractivity contribution in [3.63, 3.8) is 0 Å². The number of nitrogens with one attached hydrogen (secondary N) is 1. The maximum atomic E-state index is 13.1. The molecule has 1 amide bonds. The lowest BCUT2D eigenvalue weighted by molar-refractivity contribution is 0.0950. The number of fused-ring (bicyclic) bond motifs is 1. The van der Waals surface area contributed by atoms with Gasteiger partial charge in [0.05, 0.1) is 17.3 Å². The molecule has 31 heavy (non-hydrogen) atoms. The molecule has 1 aromatic heterocycles. The summed E-state index contributed by atoms with van der Waals surface area (Å²) in [6.07, 6.45) is 1.46. The fourth-order valence-electron chi connectivity index (χ4n) is 3.18. The highest BCUT2D eigenvalue weighted by Crippen LogP contribution is 2.17. The molecule has 0 radical (unpaired) electrons. The largest absolute Gasteiger partial charge is 0.292 e. The van der Waals surface area contributed by atoms with Gasteiger partial charge in [-0.15, -0.1) is 0 Å². The summed E-state index contributed by atoms with van der Waals surface area (Å²) in [5, 5.41) is 9.75. The Hall–Kier alpha value is -3.77. The molecular weight excluding hydrogens is 412 g/mol. The van der Waals surface area contributed by atoms with Crippen LogP contribution < -0.4 is 11.0 Å². The van der Waals surface area contributed by atoms with Gasteiger partial charge in [0, 0.05) is 16.0 Å². The van der Waals surface area contributed by atoms with E-state index in [0.29, 0.717) is 27.0 Å². The first-order valence-corrected chi connectivity index (χ1v) is 10.0. The average Bonchev–Trinajstić information content (AvgIpc) is 2.77. The van der Waals surface area contributed by atoms with E-state index in [2.05, 4.69) is 15.6 Å². The summed E-state index contributed by atoms with van der Waals surface area (Å²) >= 11 is 6.11. The van der Waals surface area contributed by atoms with Crippen LogP contribution in [-0.4, -0.2) is 21.9 Å². The van der Waals surface area contributed by atoms with Crippen molar-refractivity contribution in [1.82, 2.24) is 15.2 Å². The molecule has 0 aliphatic heterocycles. The predicted molar refractivity (Wildman–Crippen MR) is 123 cm³/mol. The molecule has 3 aromatic carbocycles. The van der Waals surface area contributed by atoms with Crippen molar-refractivity contribution in [3.05, 3.63) is 104 Å². The van der Waals surface area contributed by atoms with E-state index in [1.165, 1.54) is 10.9 Å². The molecule has 4 rings (SSSR count). The lowest BCUT2D eigenvalue weighted by Gasteiger charge is -2.11. The van der Waals surface area contributed by atoms with Crippen molar-refractivity contribution in [1.29, 1.82) is 0 Å². The van der Waals surface area contributed by atoms with Crippen LogP contribution in [0.2, 0.25) is 5.02 Å². The summed E-state index contributed by atoms with van der Waals surface area (Å²) in [7, 11) is 0. The van der Waals surface area contributed by atoms with Crippen LogP contribution >= 0.6 is 11.6 Å². The molecule has 0 saturated heterocycles. The molecule has 1 N–H and O–H groups in total. The number of aromatic nitrogens is 2. The van der Waals surface area contributed by atoms with E-state index in [1.54, 1.807) is 36.4 Å². The Morgan fingerprint density at radius 3 is 2.45 bits per heavy atom. The summed E-state index contributed by atoms with van der Waals surface area (Å²) in [5.74, 6) is -0.530. The first-order chi connectivity index (χ1) is 15.0. The van der Waals surface area contributed by atoms with Gasteiger partial charge >= 0.3 is 0 Å². The number of halogens is 1. The summed E-state index contributed by atoms with van der Waals surface area (Å²) in [5.41, 5.74) is 5.67. The Kier molecular flexibility index (Phi) is 5.64. The number of amides is 1. The third-order valence-corrected chi connectivity index (χ3v) is 5.37. The number of hydrogen-bond donors (Lipinski definition) is 1. The molecule has 4 aromatic rings. The molecule has 0 unspecified atom stereocenters. The summed E-state index contributed by atoms with van der Waals surface area (Å²) in [6, 6.07) is 19.6. The molecular formula is C24H19ClN4O2. The van der Waals surface area contributed by atoms with Crippen LogP contribution in [-0.2, 0) is 0 Å². The van der Waals surface area contributed by atoms with E-state index >= 15 is 0 Å². The minimum absolute atomic E-state index is 0.102. The highest BCUT2D eigenvalue weighted by Gasteiger charge is 2.17. The Morgan fingerprint density at radius 1 is 1.00 bits per heavy atom. The van der Waals surface area contributed by atoms with Crippen LogP contribution in [0.15, 0.2) is 76.6 Å². The Balaban J connectivity index is 1.77. The van der Waals surface area contributed by atoms with Crippen LogP contribution in [0.5, 0.6) is 0 Å². The average molecular weight is 431 g/mol. The minimum atomic E-state index is -0.530. The molecule has 0 aliphatic rings. The third kappa shape index (κ3) is 4.11. The van der Waals surface area contributed by atoms with E-state index in [1.807, 2.05) is 44.2 Å².